The van der Waals surface area contributed by atoms with Crippen molar-refractivity contribution in [2.75, 3.05) is 13.1 Å². The van der Waals surface area contributed by atoms with Gasteiger partial charge in [0, 0.05) is 56.4 Å². The average Bonchev–Trinajstić information content (AvgIpc) is 3.81. The molecule has 1 saturated heterocycles. The minimum atomic E-state index is -1.38. The second-order valence-corrected chi connectivity index (χ2v) is 19.6. The third-order valence-electron chi connectivity index (χ3n) is 13.6. The molecule has 7 atom stereocenters. The van der Waals surface area contributed by atoms with Crippen molar-refractivity contribution in [3.8, 4) is 0 Å². The number of unbranched alkanes of at least 4 members (excludes halogenated alkanes) is 1. The van der Waals surface area contributed by atoms with Crippen molar-refractivity contribution in [1.82, 2.24) is 47.7 Å². The van der Waals surface area contributed by atoms with Crippen molar-refractivity contribution >= 4 is 70.1 Å². The number of nitrogens with one attached hydrogen (secondary N) is 9. The van der Waals surface area contributed by atoms with Gasteiger partial charge in [0.1, 0.15) is 42.3 Å². The lowest BCUT2D eigenvalue weighted by Crippen LogP contribution is -2.61. The van der Waals surface area contributed by atoms with E-state index in [2.05, 4.69) is 52.7 Å². The summed E-state index contributed by atoms with van der Waals surface area (Å²) in [4.78, 5) is 138. The number of aromatic nitrogens is 1. The lowest BCUT2D eigenvalue weighted by atomic mass is 9.83. The Morgan fingerprint density at radius 1 is 0.724 bits per heavy atom. The summed E-state index contributed by atoms with van der Waals surface area (Å²) in [5.41, 5.74) is 21.7. The topological polar surface area (TPSA) is 365 Å². The summed E-state index contributed by atoms with van der Waals surface area (Å²) in [5, 5.41) is 20.2. The van der Waals surface area contributed by atoms with Crippen LogP contribution in [0.4, 0.5) is 0 Å². The molecule has 8 amide bonds. The highest BCUT2D eigenvalue weighted by atomic mass is 16.7. The molecule has 2 aliphatic rings. The maximum atomic E-state index is 14.9. The first-order valence-electron chi connectivity index (χ1n) is 26.5. The third kappa shape index (κ3) is 19.3. The number of para-hydroxylation sites is 1. The number of carbonyl (C=O) groups is 9. The zero-order valence-electron chi connectivity index (χ0n) is 43.6. The average molecular weight is 1060 g/mol. The van der Waals surface area contributed by atoms with Crippen LogP contribution in [0, 0.1) is 5.92 Å². The lowest BCUT2D eigenvalue weighted by Gasteiger charge is -2.33. The van der Waals surface area contributed by atoms with E-state index in [1.165, 1.54) is 6.92 Å². The van der Waals surface area contributed by atoms with E-state index < -0.39 is 101 Å². The van der Waals surface area contributed by atoms with Crippen molar-refractivity contribution in [1.29, 1.82) is 0 Å². The molecule has 0 bridgehead atoms. The maximum Gasteiger partial charge on any atom is 0.324 e. The molecule has 0 spiro atoms. The fourth-order valence-electron chi connectivity index (χ4n) is 9.50. The summed E-state index contributed by atoms with van der Waals surface area (Å²) < 4.78 is 0. The smallest absolute Gasteiger partial charge is 0.324 e. The summed E-state index contributed by atoms with van der Waals surface area (Å²) in [5.74, 6) is -7.04. The number of aromatic amines is 1. The number of rotatable bonds is 16. The molecule has 1 aliphatic heterocycles. The van der Waals surface area contributed by atoms with Crippen LogP contribution in [-0.2, 0) is 60.8 Å². The molecule has 23 nitrogen and oxygen atoms in total. The molecule has 2 aromatic carbocycles. The molecule has 2 heterocycles. The second kappa shape index (κ2) is 30.7. The van der Waals surface area contributed by atoms with Gasteiger partial charge in [-0.05, 0) is 80.9 Å². The van der Waals surface area contributed by atoms with Crippen LogP contribution < -0.4 is 59.9 Å². The SMILES string of the molecule is CCCC[C@H](NC(C)=O)C(=O)N[C@H]1CCC(=O)ONCCCC[C@@H](C(N)=O)NC(=O)[C@H](Cc2c[nH]c3ccccc23)NC(=O)[C@H](CCCN=C(N)N)NC(=O)[C@@H](Cc2ccccc2)NC(=O)[C@@H](C2CCCCC2)NC1=O. The normalized spacial score (nSPS) is 22.9. The number of nitrogens with zero attached hydrogens (tertiary/aromatic N) is 1. The Bertz CT molecular complexity index is 2480. The van der Waals surface area contributed by atoms with Crippen LogP contribution in [0.2, 0.25) is 0 Å². The molecule has 1 aromatic heterocycles. The van der Waals surface area contributed by atoms with Gasteiger partial charge in [0.05, 0.1) is 0 Å². The first-order chi connectivity index (χ1) is 36.5. The van der Waals surface area contributed by atoms with Crippen LogP contribution in [0.5, 0.6) is 0 Å². The van der Waals surface area contributed by atoms with Crippen LogP contribution >= 0.6 is 0 Å². The Hall–Kier alpha value is -7.56. The zero-order chi connectivity index (χ0) is 55.0. The molecular formula is C53H77N13O10. The number of amides is 8. The highest BCUT2D eigenvalue weighted by molar-refractivity contribution is 5.98. The van der Waals surface area contributed by atoms with Gasteiger partial charge in [-0.2, -0.15) is 5.48 Å². The zero-order valence-corrected chi connectivity index (χ0v) is 43.6. The van der Waals surface area contributed by atoms with E-state index in [4.69, 9.17) is 22.0 Å². The Labute approximate surface area is 442 Å². The van der Waals surface area contributed by atoms with Crippen LogP contribution in [0.3, 0.4) is 0 Å². The highest BCUT2D eigenvalue weighted by Gasteiger charge is 2.38. The van der Waals surface area contributed by atoms with E-state index in [0.717, 1.165) is 36.6 Å². The number of aliphatic imine (C=N–C) groups is 1. The summed E-state index contributed by atoms with van der Waals surface area (Å²) in [7, 11) is 0. The molecule has 15 N–H and O–H groups in total. The number of hydroxylamine groups is 1. The maximum absolute atomic E-state index is 14.9. The Kier molecular flexibility index (Phi) is 24.0. The Morgan fingerprint density at radius 3 is 2.09 bits per heavy atom. The largest absolute Gasteiger partial charge is 0.371 e. The van der Waals surface area contributed by atoms with Gasteiger partial charge in [0.2, 0.25) is 47.3 Å². The number of fused-ring (bicyclic) bond motifs is 1. The minimum absolute atomic E-state index is 0.0267. The number of hydrogen-bond acceptors (Lipinski definition) is 12. The van der Waals surface area contributed by atoms with Crippen LogP contribution in [0.1, 0.15) is 121 Å². The predicted molar refractivity (Wildman–Crippen MR) is 284 cm³/mol. The fourth-order valence-corrected chi connectivity index (χ4v) is 9.50. The van der Waals surface area contributed by atoms with E-state index >= 15 is 0 Å². The molecular weight excluding hydrogens is 979 g/mol. The van der Waals surface area contributed by atoms with Crippen molar-refractivity contribution in [2.45, 2.75) is 165 Å². The summed E-state index contributed by atoms with van der Waals surface area (Å²) in [6.07, 6.45) is 7.01. The molecule has 23 heteroatoms. The first-order valence-corrected chi connectivity index (χ1v) is 26.5. The van der Waals surface area contributed by atoms with Crippen molar-refractivity contribution in [3.05, 3.63) is 71.9 Å². The van der Waals surface area contributed by atoms with Gasteiger partial charge < -0.3 is 64.2 Å². The second-order valence-electron chi connectivity index (χ2n) is 19.6. The van der Waals surface area contributed by atoms with Gasteiger partial charge in [-0.15, -0.1) is 0 Å². The third-order valence-corrected chi connectivity index (χ3v) is 13.6. The lowest BCUT2D eigenvalue weighted by molar-refractivity contribution is -0.151. The molecule has 2 fully saturated rings. The number of hydrogen-bond donors (Lipinski definition) is 12. The summed E-state index contributed by atoms with van der Waals surface area (Å²) in [6.45, 7) is 3.41. The van der Waals surface area contributed by atoms with Gasteiger partial charge in [0.25, 0.3) is 0 Å². The quantitative estimate of drug-likeness (QED) is 0.0535. The Morgan fingerprint density at radius 2 is 1.38 bits per heavy atom. The molecule has 0 unspecified atom stereocenters. The molecule has 1 saturated carbocycles. The molecule has 414 valence electrons. The van der Waals surface area contributed by atoms with E-state index in [1.807, 2.05) is 31.2 Å². The summed E-state index contributed by atoms with van der Waals surface area (Å²) >= 11 is 0. The van der Waals surface area contributed by atoms with Crippen LogP contribution in [0.15, 0.2) is 65.8 Å². The fraction of sp³-hybridized carbons (Fsp3) is 0.547. The van der Waals surface area contributed by atoms with Crippen molar-refractivity contribution in [2.24, 2.45) is 28.1 Å². The number of guanidine groups is 1. The molecule has 5 rings (SSSR count). The van der Waals surface area contributed by atoms with Crippen LogP contribution in [-0.4, -0.2) is 120 Å². The molecule has 1 aliphatic carbocycles. The van der Waals surface area contributed by atoms with E-state index in [0.29, 0.717) is 43.2 Å². The van der Waals surface area contributed by atoms with Crippen molar-refractivity contribution in [3.63, 3.8) is 0 Å². The molecule has 0 radical (unpaired) electrons. The van der Waals surface area contributed by atoms with Gasteiger partial charge in [-0.3, -0.25) is 48.1 Å². The van der Waals surface area contributed by atoms with Crippen molar-refractivity contribution < 1.29 is 48.0 Å². The number of benzene rings is 2. The standard InChI is InChI=1S/C53H77N13O10/c1-3-4-21-39(60-32(2)67)47(70)63-41-25-26-44(68)76-59-28-14-13-23-38(46(54)69)61-51(74)43(30-35-31-58-37-22-12-11-20-36(35)37)64-48(71)40(24-15-27-57-53(55)56)62-50(73)42(29-33-16-7-5-8-17-33)65-52(75)45(66-49(41)72)34-18-9-6-10-19-34/h5,7-8,11-12,16-17,20,22,31,34,38-43,45,58-59H,3-4,6,9-10,13-15,18-19,21,23-30H2,1-2H3,(H2,54,69)(H,60,67)(H,61,74)(H,62,73)(H,63,70)(H,64,71)(H,65,75)(H,66,72)(H4,55,56,57)/t38-,39-,40-,41-,42+,43-,45+/m0/s1. The number of nitrogens with two attached hydrogens (primary N) is 3. The molecule has 76 heavy (non-hydrogen) atoms. The number of H-pyrrole nitrogens is 1. The van der Waals surface area contributed by atoms with Gasteiger partial charge in [-0.25, -0.2) is 0 Å². The van der Waals surface area contributed by atoms with E-state index in [1.54, 1.807) is 36.5 Å². The van der Waals surface area contributed by atoms with Gasteiger partial charge in [0.15, 0.2) is 5.96 Å². The monoisotopic (exact) mass is 1060 g/mol. The number of primary amides is 1. The highest BCUT2D eigenvalue weighted by Crippen LogP contribution is 2.27. The molecule has 3 aromatic rings. The Balaban J connectivity index is 1.54. The number of carbonyl (C=O) groups excluding carboxylic acids is 9. The minimum Gasteiger partial charge on any atom is -0.371 e. The van der Waals surface area contributed by atoms with E-state index in [9.17, 15) is 43.2 Å². The summed E-state index contributed by atoms with van der Waals surface area (Å²) in [6, 6.07) is 7.50. The van der Waals surface area contributed by atoms with Gasteiger partial charge in [-0.1, -0.05) is 87.6 Å². The predicted octanol–water partition coefficient (Wildman–Crippen LogP) is 0.688. The van der Waals surface area contributed by atoms with Gasteiger partial charge >= 0.3 is 5.97 Å². The first kappa shape index (κ1) is 59.3. The van der Waals surface area contributed by atoms with E-state index in [-0.39, 0.29) is 70.4 Å². The van der Waals surface area contributed by atoms with Crippen LogP contribution in [0.25, 0.3) is 10.9 Å².